The fraction of sp³-hybridized carbons (Fsp3) is 0.400. The number of aliphatic carboxylic acids is 2. The van der Waals surface area contributed by atoms with Crippen LogP contribution < -0.4 is 19.5 Å². The number of imide groups is 1. The van der Waals surface area contributed by atoms with E-state index in [1.54, 1.807) is 0 Å². The quantitative estimate of drug-likeness (QED) is 0.173. The Kier molecular flexibility index (Phi) is 12.3. The van der Waals surface area contributed by atoms with Crippen LogP contribution in [0.3, 0.4) is 0 Å². The van der Waals surface area contributed by atoms with Gasteiger partial charge in [0.2, 0.25) is 5.91 Å². The average molecular weight is 731 g/mol. The normalized spacial score (nSPS) is 20.5. The number of carboxylic acids is 2. The number of fused-ring (bicyclic) bond motifs is 1. The molecule has 2 fully saturated rings. The molecule has 3 aromatic rings. The number of carbonyl (C=O) groups excluding carboxylic acids is 2. The van der Waals surface area contributed by atoms with Gasteiger partial charge >= 0.3 is 11.9 Å². The van der Waals surface area contributed by atoms with Crippen LogP contribution in [0.15, 0.2) is 66.7 Å². The molecule has 0 aromatic heterocycles. The van der Waals surface area contributed by atoms with Gasteiger partial charge in [0.05, 0.1) is 5.25 Å². The van der Waals surface area contributed by atoms with E-state index in [2.05, 4.69) is 57.0 Å². The van der Waals surface area contributed by atoms with Crippen molar-refractivity contribution in [1.82, 2.24) is 10.2 Å². The molecule has 3 aliphatic heterocycles. The van der Waals surface area contributed by atoms with Gasteiger partial charge in [-0.2, -0.15) is 0 Å². The van der Waals surface area contributed by atoms with Gasteiger partial charge in [0.15, 0.2) is 0 Å². The molecule has 52 heavy (non-hydrogen) atoms. The van der Waals surface area contributed by atoms with E-state index in [1.807, 2.05) is 42.5 Å². The number of ether oxygens (including phenoxy) is 3. The molecule has 3 aromatic carbocycles. The van der Waals surface area contributed by atoms with Crippen LogP contribution >= 0.6 is 11.8 Å². The van der Waals surface area contributed by atoms with Crippen LogP contribution in [0.25, 0.3) is 0 Å². The summed E-state index contributed by atoms with van der Waals surface area (Å²) in [5, 5.41) is 17.3. The lowest BCUT2D eigenvalue weighted by Crippen LogP contribution is -2.42. The topological polar surface area (TPSA) is 152 Å². The molecule has 2 saturated heterocycles. The smallest absolute Gasteiger partial charge is 0.328 e. The van der Waals surface area contributed by atoms with E-state index < -0.39 is 11.9 Å². The number of nitrogens with zero attached hydrogens (tertiary/aromatic N) is 1. The summed E-state index contributed by atoms with van der Waals surface area (Å²) >= 11 is 1.06. The third kappa shape index (κ3) is 9.34. The highest BCUT2D eigenvalue weighted by Gasteiger charge is 2.46. The maximum absolute atomic E-state index is 11.9. The second-order valence-corrected chi connectivity index (χ2v) is 15.0. The van der Waals surface area contributed by atoms with E-state index in [4.69, 9.17) is 24.4 Å². The molecule has 2 amide bonds. The maximum atomic E-state index is 11.9. The van der Waals surface area contributed by atoms with E-state index in [9.17, 15) is 19.2 Å². The van der Waals surface area contributed by atoms with Gasteiger partial charge < -0.3 is 24.4 Å². The van der Waals surface area contributed by atoms with Crippen molar-refractivity contribution >= 4 is 34.8 Å². The minimum Gasteiger partial charge on any atom is -0.492 e. The van der Waals surface area contributed by atoms with Crippen LogP contribution in [0.1, 0.15) is 66.0 Å². The largest absolute Gasteiger partial charge is 0.492 e. The lowest BCUT2D eigenvalue weighted by molar-refractivity contribution is -0.134. The zero-order valence-electron chi connectivity index (χ0n) is 30.1. The van der Waals surface area contributed by atoms with Crippen LogP contribution in [-0.4, -0.2) is 74.8 Å². The van der Waals surface area contributed by atoms with Gasteiger partial charge in [-0.05, 0) is 100 Å². The molecule has 12 heteroatoms. The summed E-state index contributed by atoms with van der Waals surface area (Å²) in [6.45, 7) is 14.0. The highest BCUT2D eigenvalue weighted by atomic mass is 32.2. The first-order valence-corrected chi connectivity index (χ1v) is 18.2. The molecular formula is C40H46N2O9S. The number of likely N-dealkylation sites (tertiary alicyclic amines) is 1. The molecule has 2 unspecified atom stereocenters. The molecular weight excluding hydrogens is 685 g/mol. The van der Waals surface area contributed by atoms with Crippen molar-refractivity contribution in [2.24, 2.45) is 0 Å². The summed E-state index contributed by atoms with van der Waals surface area (Å²) in [4.78, 5) is 45.1. The number of hydrogen-bond donors (Lipinski definition) is 3. The first kappa shape index (κ1) is 38.4. The second-order valence-electron chi connectivity index (χ2n) is 13.8. The number of carbonyl (C=O) groups is 4. The Labute approximate surface area is 308 Å². The van der Waals surface area contributed by atoms with Crippen LogP contribution in [0.2, 0.25) is 0 Å². The minimum absolute atomic E-state index is 0.202. The molecule has 6 rings (SSSR count). The Bertz CT molecular complexity index is 1810. The first-order chi connectivity index (χ1) is 24.7. The van der Waals surface area contributed by atoms with Crippen molar-refractivity contribution in [3.8, 4) is 17.2 Å². The Morgan fingerprint density at radius 1 is 0.942 bits per heavy atom. The van der Waals surface area contributed by atoms with Crippen molar-refractivity contribution in [2.45, 2.75) is 83.3 Å². The van der Waals surface area contributed by atoms with E-state index >= 15 is 0 Å². The molecule has 3 aliphatic rings. The van der Waals surface area contributed by atoms with Gasteiger partial charge in [-0.3, -0.25) is 19.8 Å². The summed E-state index contributed by atoms with van der Waals surface area (Å²) in [6, 6.07) is 18.5. The second kappa shape index (κ2) is 16.7. The van der Waals surface area contributed by atoms with Gasteiger partial charge in [-0.25, -0.2) is 9.59 Å². The van der Waals surface area contributed by atoms with Gasteiger partial charge in [-0.1, -0.05) is 54.2 Å². The van der Waals surface area contributed by atoms with E-state index in [0.717, 1.165) is 77.2 Å². The average Bonchev–Trinajstić information content (AvgIpc) is 3.77. The minimum atomic E-state index is -1.26. The third-order valence-corrected chi connectivity index (χ3v) is 10.8. The molecule has 3 N–H and O–H groups in total. The van der Waals surface area contributed by atoms with Gasteiger partial charge in [0, 0.05) is 36.2 Å². The summed E-state index contributed by atoms with van der Waals surface area (Å²) in [5.74, 6) is 0.286. The maximum Gasteiger partial charge on any atom is 0.328 e. The zero-order chi connectivity index (χ0) is 37.6. The zero-order valence-corrected chi connectivity index (χ0v) is 31.0. The summed E-state index contributed by atoms with van der Waals surface area (Å²) in [6.07, 6.45) is 3.88. The van der Waals surface area contributed by atoms with Gasteiger partial charge in [0.1, 0.15) is 36.1 Å². The lowest BCUT2D eigenvalue weighted by Gasteiger charge is -2.33. The lowest BCUT2D eigenvalue weighted by atomic mass is 9.82. The summed E-state index contributed by atoms with van der Waals surface area (Å²) < 4.78 is 19.5. The third-order valence-electron chi connectivity index (χ3n) is 9.85. The number of nitrogens with one attached hydrogen (secondary N) is 1. The SMILES string of the molecule is Cc1c(C)c2c(c(C)c1OCc1ccccc1)C(CN1CCC[C@H]1COc1ccc(CC3SC(=O)NC3=O)cc1)C(C)(C)O2.O=C(O)/C=C\C(=O)O. The number of amides is 2. The predicted octanol–water partition coefficient (Wildman–Crippen LogP) is 6.59. The van der Waals surface area contributed by atoms with Crippen LogP contribution in [0.4, 0.5) is 4.79 Å². The molecule has 0 bridgehead atoms. The molecule has 276 valence electrons. The Balaban J connectivity index is 0.000000587. The van der Waals surface area contributed by atoms with E-state index in [1.165, 1.54) is 11.1 Å². The predicted molar refractivity (Wildman–Crippen MR) is 198 cm³/mol. The van der Waals surface area contributed by atoms with Crippen LogP contribution in [-0.2, 0) is 27.4 Å². The number of hydrogen-bond acceptors (Lipinski definition) is 9. The molecule has 0 spiro atoms. The summed E-state index contributed by atoms with van der Waals surface area (Å²) in [5.41, 5.74) is 6.59. The number of rotatable bonds is 12. The van der Waals surface area contributed by atoms with Crippen molar-refractivity contribution in [3.63, 3.8) is 0 Å². The first-order valence-electron chi connectivity index (χ1n) is 17.3. The van der Waals surface area contributed by atoms with E-state index in [-0.39, 0.29) is 27.9 Å². The van der Waals surface area contributed by atoms with Crippen molar-refractivity contribution in [1.29, 1.82) is 0 Å². The number of benzene rings is 3. The van der Waals surface area contributed by atoms with Gasteiger partial charge in [0.25, 0.3) is 5.24 Å². The molecule has 3 atom stereocenters. The Morgan fingerprint density at radius 3 is 2.23 bits per heavy atom. The van der Waals surface area contributed by atoms with Crippen LogP contribution in [0, 0.1) is 20.8 Å². The molecule has 0 radical (unpaired) electrons. The number of thioether (sulfide) groups is 1. The fourth-order valence-electron chi connectivity index (χ4n) is 6.96. The van der Waals surface area contributed by atoms with Crippen molar-refractivity contribution in [2.75, 3.05) is 19.7 Å². The monoisotopic (exact) mass is 730 g/mol. The molecule has 0 saturated carbocycles. The Hall–Kier alpha value is -4.81. The molecule has 3 heterocycles. The van der Waals surface area contributed by atoms with Crippen molar-refractivity contribution in [3.05, 3.63) is 100 Å². The molecule has 0 aliphatic carbocycles. The standard InChI is InChI=1S/C36H42N2O5S.C4H4O4/c1-22-23(2)33-31(24(3)32(22)42-20-26-10-7-6-8-11-26)29(36(4,5)43-33)19-38-17-9-12-27(38)21-41-28-15-13-25(14-16-28)18-30-34(39)37-35(40)44-30;5-3(6)1-2-4(7)8/h6-8,10-11,13-16,27,29-30H,9,12,17-21H2,1-5H3,(H,37,39,40);1-2H,(H,5,6)(H,7,8)/b;2-1-/t27-,29?,30?;/m0./s1. The van der Waals surface area contributed by atoms with Crippen molar-refractivity contribution < 1.29 is 43.6 Å². The fourth-order valence-corrected chi connectivity index (χ4v) is 7.82. The highest BCUT2D eigenvalue weighted by Crippen LogP contribution is 2.52. The van der Waals surface area contributed by atoms with Crippen LogP contribution in [0.5, 0.6) is 17.2 Å². The highest BCUT2D eigenvalue weighted by molar-refractivity contribution is 8.15. The summed E-state index contributed by atoms with van der Waals surface area (Å²) in [7, 11) is 0. The Morgan fingerprint density at radius 2 is 1.62 bits per heavy atom. The molecule has 11 nitrogen and oxygen atoms in total. The number of carboxylic acid groups (broad SMARTS) is 2. The van der Waals surface area contributed by atoms with E-state index in [0.29, 0.717) is 37.8 Å². The van der Waals surface area contributed by atoms with Gasteiger partial charge in [-0.15, -0.1) is 0 Å².